The van der Waals surface area contributed by atoms with E-state index >= 15 is 0 Å². The molecule has 0 amide bonds. The number of rotatable bonds is 7. The fraction of sp³-hybridized carbons (Fsp3) is 0.462. The standard InChI is InChI=1S/C13H18O5/c1-9(16-2)12(17-3)8-18-11-6-4-10(5-7-11)13(14)15/h4-7,9,12H,8H2,1-3H3,(H,14,15)/t9-,12-/m1/s1. The summed E-state index contributed by atoms with van der Waals surface area (Å²) in [6.45, 7) is 2.24. The molecule has 100 valence electrons. The van der Waals surface area contributed by atoms with Crippen LogP contribution in [0.1, 0.15) is 17.3 Å². The van der Waals surface area contributed by atoms with Gasteiger partial charge in [-0.05, 0) is 31.2 Å². The number of aromatic carboxylic acids is 1. The van der Waals surface area contributed by atoms with Gasteiger partial charge in [0.15, 0.2) is 0 Å². The van der Waals surface area contributed by atoms with Crippen molar-refractivity contribution in [1.29, 1.82) is 0 Å². The average Bonchev–Trinajstić information content (AvgIpc) is 2.39. The molecule has 0 aliphatic carbocycles. The van der Waals surface area contributed by atoms with Gasteiger partial charge in [-0.25, -0.2) is 4.79 Å². The lowest BCUT2D eigenvalue weighted by atomic mass is 10.2. The second-order valence-corrected chi connectivity index (χ2v) is 3.86. The average molecular weight is 254 g/mol. The van der Waals surface area contributed by atoms with Crippen LogP contribution in [0.15, 0.2) is 24.3 Å². The molecule has 1 rings (SSSR count). The van der Waals surface area contributed by atoms with Gasteiger partial charge in [0, 0.05) is 14.2 Å². The summed E-state index contributed by atoms with van der Waals surface area (Å²) in [5.74, 6) is -0.352. The molecule has 0 aliphatic heterocycles. The van der Waals surface area contributed by atoms with E-state index < -0.39 is 5.97 Å². The van der Waals surface area contributed by atoms with Gasteiger partial charge in [-0.2, -0.15) is 0 Å². The maximum atomic E-state index is 10.7. The normalized spacial score (nSPS) is 13.9. The van der Waals surface area contributed by atoms with Gasteiger partial charge in [0.25, 0.3) is 0 Å². The number of benzene rings is 1. The van der Waals surface area contributed by atoms with E-state index in [1.54, 1.807) is 26.4 Å². The highest BCUT2D eigenvalue weighted by Gasteiger charge is 2.16. The minimum atomic E-state index is -0.954. The van der Waals surface area contributed by atoms with Crippen molar-refractivity contribution in [2.75, 3.05) is 20.8 Å². The van der Waals surface area contributed by atoms with Crippen molar-refractivity contribution >= 4 is 5.97 Å². The van der Waals surface area contributed by atoms with Crippen LogP contribution >= 0.6 is 0 Å². The third-order valence-corrected chi connectivity index (χ3v) is 2.71. The molecule has 0 heterocycles. The largest absolute Gasteiger partial charge is 0.491 e. The Morgan fingerprint density at radius 2 is 1.83 bits per heavy atom. The summed E-state index contributed by atoms with van der Waals surface area (Å²) < 4.78 is 15.9. The lowest BCUT2D eigenvalue weighted by Crippen LogP contribution is -2.32. The Hall–Kier alpha value is -1.59. The Labute approximate surface area is 106 Å². The third-order valence-electron chi connectivity index (χ3n) is 2.71. The molecular formula is C13H18O5. The molecule has 0 fully saturated rings. The maximum Gasteiger partial charge on any atom is 0.335 e. The lowest BCUT2D eigenvalue weighted by Gasteiger charge is -2.21. The monoisotopic (exact) mass is 254 g/mol. The molecule has 1 N–H and O–H groups in total. The summed E-state index contributed by atoms with van der Waals surface area (Å²) in [5.41, 5.74) is 0.232. The molecule has 0 saturated carbocycles. The number of hydrogen-bond acceptors (Lipinski definition) is 4. The van der Waals surface area contributed by atoms with E-state index in [9.17, 15) is 4.79 Å². The van der Waals surface area contributed by atoms with Crippen LogP contribution in [0.25, 0.3) is 0 Å². The Balaban J connectivity index is 2.54. The molecule has 1 aromatic rings. The van der Waals surface area contributed by atoms with Crippen LogP contribution in [-0.4, -0.2) is 44.1 Å². The second kappa shape index (κ2) is 6.98. The molecular weight excluding hydrogens is 236 g/mol. The highest BCUT2D eigenvalue weighted by Crippen LogP contribution is 2.13. The number of carbonyl (C=O) groups is 1. The minimum Gasteiger partial charge on any atom is -0.491 e. The zero-order valence-electron chi connectivity index (χ0n) is 10.8. The number of carboxylic acid groups (broad SMARTS) is 1. The minimum absolute atomic E-state index is 0.0757. The van der Waals surface area contributed by atoms with Crippen molar-refractivity contribution < 1.29 is 24.1 Å². The molecule has 0 radical (unpaired) electrons. The Bertz CT molecular complexity index is 373. The van der Waals surface area contributed by atoms with E-state index in [1.807, 2.05) is 6.92 Å². The van der Waals surface area contributed by atoms with E-state index in [4.69, 9.17) is 19.3 Å². The summed E-state index contributed by atoms with van der Waals surface area (Å²) >= 11 is 0. The first-order valence-corrected chi connectivity index (χ1v) is 5.60. The zero-order chi connectivity index (χ0) is 13.5. The van der Waals surface area contributed by atoms with Gasteiger partial charge in [-0.1, -0.05) is 0 Å². The van der Waals surface area contributed by atoms with Gasteiger partial charge in [0.05, 0.1) is 11.7 Å². The highest BCUT2D eigenvalue weighted by atomic mass is 16.6. The Kier molecular flexibility index (Phi) is 5.61. The molecule has 18 heavy (non-hydrogen) atoms. The smallest absolute Gasteiger partial charge is 0.335 e. The van der Waals surface area contributed by atoms with E-state index in [0.717, 1.165) is 0 Å². The van der Waals surface area contributed by atoms with Gasteiger partial charge in [-0.15, -0.1) is 0 Å². The summed E-state index contributed by atoms with van der Waals surface area (Å²) in [4.78, 5) is 10.7. The third kappa shape index (κ3) is 4.01. The molecule has 0 aliphatic rings. The first-order chi connectivity index (χ1) is 8.58. The quantitative estimate of drug-likeness (QED) is 0.804. The van der Waals surface area contributed by atoms with Crippen molar-refractivity contribution in [1.82, 2.24) is 0 Å². The number of carboxylic acids is 1. The Morgan fingerprint density at radius 3 is 2.28 bits per heavy atom. The highest BCUT2D eigenvalue weighted by molar-refractivity contribution is 5.87. The van der Waals surface area contributed by atoms with E-state index in [0.29, 0.717) is 12.4 Å². The predicted octanol–water partition coefficient (Wildman–Crippen LogP) is 1.81. The molecule has 5 heteroatoms. The molecule has 2 atom stereocenters. The fourth-order valence-electron chi connectivity index (χ4n) is 1.42. The van der Waals surface area contributed by atoms with E-state index in [-0.39, 0.29) is 17.8 Å². The van der Waals surface area contributed by atoms with Crippen molar-refractivity contribution in [2.24, 2.45) is 0 Å². The maximum absolute atomic E-state index is 10.7. The topological polar surface area (TPSA) is 65.0 Å². The summed E-state index contributed by atoms with van der Waals surface area (Å²) in [5, 5.41) is 8.76. The zero-order valence-corrected chi connectivity index (χ0v) is 10.8. The first kappa shape index (κ1) is 14.5. The van der Waals surface area contributed by atoms with Crippen LogP contribution in [-0.2, 0) is 9.47 Å². The molecule has 5 nitrogen and oxygen atoms in total. The second-order valence-electron chi connectivity index (χ2n) is 3.86. The van der Waals surface area contributed by atoms with Crippen molar-refractivity contribution in [3.63, 3.8) is 0 Å². The fourth-order valence-corrected chi connectivity index (χ4v) is 1.42. The van der Waals surface area contributed by atoms with Crippen molar-refractivity contribution in [2.45, 2.75) is 19.1 Å². The van der Waals surface area contributed by atoms with Crippen LogP contribution in [0.4, 0.5) is 0 Å². The summed E-state index contributed by atoms with van der Waals surface area (Å²) in [7, 11) is 3.20. The van der Waals surface area contributed by atoms with Crippen molar-refractivity contribution in [3.05, 3.63) is 29.8 Å². The van der Waals surface area contributed by atoms with Crippen LogP contribution < -0.4 is 4.74 Å². The van der Waals surface area contributed by atoms with Gasteiger partial charge in [-0.3, -0.25) is 0 Å². The molecule has 0 spiro atoms. The molecule has 1 aromatic carbocycles. The summed E-state index contributed by atoms with van der Waals surface area (Å²) in [6, 6.07) is 6.24. The predicted molar refractivity (Wildman–Crippen MR) is 66.2 cm³/mol. The molecule has 0 saturated heterocycles. The van der Waals surface area contributed by atoms with E-state index in [2.05, 4.69) is 0 Å². The Morgan fingerprint density at radius 1 is 1.22 bits per heavy atom. The number of ether oxygens (including phenoxy) is 3. The number of methoxy groups -OCH3 is 2. The van der Waals surface area contributed by atoms with Gasteiger partial charge in [0.2, 0.25) is 0 Å². The van der Waals surface area contributed by atoms with Gasteiger partial charge >= 0.3 is 5.97 Å². The molecule has 0 aromatic heterocycles. The SMILES string of the molecule is CO[C@H](C)[C@@H](COc1ccc(C(=O)O)cc1)OC. The molecule has 0 bridgehead atoms. The van der Waals surface area contributed by atoms with Gasteiger partial charge in [0.1, 0.15) is 18.5 Å². The van der Waals surface area contributed by atoms with Gasteiger partial charge < -0.3 is 19.3 Å². The number of hydrogen-bond donors (Lipinski definition) is 1. The van der Waals surface area contributed by atoms with Crippen molar-refractivity contribution in [3.8, 4) is 5.75 Å². The lowest BCUT2D eigenvalue weighted by molar-refractivity contribution is -0.0463. The van der Waals surface area contributed by atoms with Crippen LogP contribution in [0, 0.1) is 0 Å². The molecule has 0 unspecified atom stereocenters. The first-order valence-electron chi connectivity index (χ1n) is 5.60. The van der Waals surface area contributed by atoms with Crippen LogP contribution in [0.3, 0.4) is 0 Å². The van der Waals surface area contributed by atoms with E-state index in [1.165, 1.54) is 12.1 Å². The van der Waals surface area contributed by atoms with Crippen LogP contribution in [0.2, 0.25) is 0 Å². The van der Waals surface area contributed by atoms with Crippen LogP contribution in [0.5, 0.6) is 5.75 Å². The summed E-state index contributed by atoms with van der Waals surface area (Å²) in [6.07, 6.45) is -0.248.